The largest absolute Gasteiger partial charge is 0.481 e. The van der Waals surface area contributed by atoms with E-state index < -0.39 is 30.4 Å². The first-order valence-electron chi connectivity index (χ1n) is 11.1. The molecule has 0 radical (unpaired) electrons. The van der Waals surface area contributed by atoms with E-state index in [1.54, 1.807) is 0 Å². The van der Waals surface area contributed by atoms with Crippen LogP contribution >= 0.6 is 0 Å². The Bertz CT molecular complexity index is 513. The third kappa shape index (κ3) is 17.9. The van der Waals surface area contributed by atoms with Gasteiger partial charge in [0.2, 0.25) is 11.8 Å². The molecule has 0 heterocycles. The first-order chi connectivity index (χ1) is 14.4. The number of carboxylic acids is 2. The van der Waals surface area contributed by atoms with Crippen molar-refractivity contribution >= 4 is 23.8 Å². The van der Waals surface area contributed by atoms with Gasteiger partial charge in [-0.25, -0.2) is 0 Å². The first-order valence-corrected chi connectivity index (χ1v) is 11.1. The van der Waals surface area contributed by atoms with Crippen molar-refractivity contribution in [3.63, 3.8) is 0 Å². The Hall–Kier alpha value is -2.16. The zero-order chi connectivity index (χ0) is 22.6. The van der Waals surface area contributed by atoms with E-state index in [4.69, 9.17) is 10.2 Å². The molecule has 9 nitrogen and oxygen atoms in total. The van der Waals surface area contributed by atoms with Gasteiger partial charge in [-0.2, -0.15) is 0 Å². The Kier molecular flexibility index (Phi) is 17.5. The summed E-state index contributed by atoms with van der Waals surface area (Å²) in [5.41, 5.74) is 0. The average Bonchev–Trinajstić information content (AvgIpc) is 2.69. The van der Waals surface area contributed by atoms with Crippen molar-refractivity contribution in [1.29, 1.82) is 0 Å². The van der Waals surface area contributed by atoms with Crippen LogP contribution in [0.1, 0.15) is 84.0 Å². The van der Waals surface area contributed by atoms with Gasteiger partial charge in [-0.05, 0) is 19.4 Å². The maximum absolute atomic E-state index is 11.9. The molecule has 0 aliphatic heterocycles. The third-order valence-corrected chi connectivity index (χ3v) is 4.73. The summed E-state index contributed by atoms with van der Waals surface area (Å²) in [5.74, 6) is -2.38. The van der Waals surface area contributed by atoms with Gasteiger partial charge in [-0.3, -0.25) is 19.2 Å². The van der Waals surface area contributed by atoms with Gasteiger partial charge in [0.05, 0.1) is 0 Å². The topological polar surface area (TPSA) is 145 Å². The van der Waals surface area contributed by atoms with Crippen molar-refractivity contribution in [3.8, 4) is 0 Å². The molecule has 0 fully saturated rings. The lowest BCUT2D eigenvalue weighted by Gasteiger charge is -2.17. The molecule has 2 amide bonds. The van der Waals surface area contributed by atoms with E-state index in [2.05, 4.69) is 16.0 Å². The number of aliphatic carboxylic acids is 2. The zero-order valence-corrected chi connectivity index (χ0v) is 18.2. The molecular formula is C21H39N3O6. The summed E-state index contributed by atoms with van der Waals surface area (Å²) >= 11 is 0. The summed E-state index contributed by atoms with van der Waals surface area (Å²) in [7, 11) is 0. The minimum absolute atomic E-state index is 0.106. The lowest BCUT2D eigenvalue weighted by atomic mass is 10.1. The molecule has 0 aromatic carbocycles. The van der Waals surface area contributed by atoms with E-state index in [-0.39, 0.29) is 18.9 Å². The van der Waals surface area contributed by atoms with Gasteiger partial charge in [-0.1, -0.05) is 58.3 Å². The highest BCUT2D eigenvalue weighted by atomic mass is 16.4. The maximum Gasteiger partial charge on any atom is 0.322 e. The highest BCUT2D eigenvalue weighted by Gasteiger charge is 2.18. The predicted molar refractivity (Wildman–Crippen MR) is 114 cm³/mol. The standard InChI is InChI=1S/C21H39N3O6/c1-2-22-17(21(30)24-16-20(28)29)15-23-18(25)13-11-9-7-5-3-4-6-8-10-12-14-19(26)27/h17,22H,2-16H2,1H3,(H,23,25)(H,24,30)(H,26,27)(H,28,29). The van der Waals surface area contributed by atoms with Crippen LogP contribution in [-0.2, 0) is 19.2 Å². The predicted octanol–water partition coefficient (Wildman–Crippen LogP) is 2.05. The number of hydrogen-bond donors (Lipinski definition) is 5. The molecule has 30 heavy (non-hydrogen) atoms. The van der Waals surface area contributed by atoms with Gasteiger partial charge in [0.15, 0.2) is 0 Å². The van der Waals surface area contributed by atoms with Crippen LogP contribution in [-0.4, -0.2) is 59.6 Å². The molecule has 5 N–H and O–H groups in total. The molecule has 0 aliphatic rings. The Balaban J connectivity index is 3.66. The summed E-state index contributed by atoms with van der Waals surface area (Å²) in [6.45, 7) is 2.05. The van der Waals surface area contributed by atoms with Gasteiger partial charge in [0, 0.05) is 19.4 Å². The minimum Gasteiger partial charge on any atom is -0.481 e. The van der Waals surface area contributed by atoms with Gasteiger partial charge in [0.25, 0.3) is 0 Å². The molecule has 0 saturated carbocycles. The number of unbranched alkanes of at least 4 members (excludes halogenated alkanes) is 9. The summed E-state index contributed by atoms with van der Waals surface area (Å²) in [4.78, 5) is 44.8. The number of carbonyl (C=O) groups is 4. The second-order valence-corrected chi connectivity index (χ2v) is 7.46. The SMILES string of the molecule is CCNC(CNC(=O)CCCCCCCCCCCCC(=O)O)C(=O)NCC(=O)O. The van der Waals surface area contributed by atoms with Crippen LogP contribution in [0.3, 0.4) is 0 Å². The highest BCUT2D eigenvalue weighted by Crippen LogP contribution is 2.12. The lowest BCUT2D eigenvalue weighted by Crippen LogP contribution is -2.51. The van der Waals surface area contributed by atoms with Gasteiger partial charge >= 0.3 is 11.9 Å². The molecule has 0 spiro atoms. The van der Waals surface area contributed by atoms with E-state index in [9.17, 15) is 19.2 Å². The van der Waals surface area contributed by atoms with E-state index in [1.165, 1.54) is 12.8 Å². The Morgan fingerprint density at radius 3 is 1.67 bits per heavy atom. The number of carboxylic acid groups (broad SMARTS) is 2. The molecule has 9 heteroatoms. The van der Waals surface area contributed by atoms with Crippen molar-refractivity contribution in [2.75, 3.05) is 19.6 Å². The van der Waals surface area contributed by atoms with Gasteiger partial charge in [0.1, 0.15) is 12.6 Å². The Morgan fingerprint density at radius 1 is 0.700 bits per heavy atom. The normalized spacial score (nSPS) is 11.6. The second-order valence-electron chi connectivity index (χ2n) is 7.46. The Labute approximate surface area is 179 Å². The first kappa shape index (κ1) is 27.8. The van der Waals surface area contributed by atoms with Crippen molar-refractivity contribution in [3.05, 3.63) is 0 Å². The van der Waals surface area contributed by atoms with Crippen molar-refractivity contribution in [1.82, 2.24) is 16.0 Å². The number of carbonyl (C=O) groups excluding carboxylic acids is 2. The smallest absolute Gasteiger partial charge is 0.322 e. The fourth-order valence-electron chi connectivity index (χ4n) is 3.07. The summed E-state index contributed by atoms with van der Waals surface area (Å²) in [6.07, 6.45) is 11.0. The fourth-order valence-corrected chi connectivity index (χ4v) is 3.07. The van der Waals surface area contributed by atoms with Crippen LogP contribution < -0.4 is 16.0 Å². The van der Waals surface area contributed by atoms with Crippen LogP contribution in [0.2, 0.25) is 0 Å². The third-order valence-electron chi connectivity index (χ3n) is 4.73. The zero-order valence-electron chi connectivity index (χ0n) is 18.2. The van der Waals surface area contributed by atoms with Crippen molar-refractivity contribution < 1.29 is 29.4 Å². The highest BCUT2D eigenvalue weighted by molar-refractivity contribution is 5.86. The minimum atomic E-state index is -1.11. The molecule has 0 rings (SSSR count). The molecule has 1 unspecified atom stereocenters. The molecule has 0 bridgehead atoms. The van der Waals surface area contributed by atoms with E-state index in [1.807, 2.05) is 6.92 Å². The molecule has 1 atom stereocenters. The number of amides is 2. The molecule has 0 aromatic rings. The van der Waals surface area contributed by atoms with Crippen LogP contribution in [0.25, 0.3) is 0 Å². The number of nitrogens with one attached hydrogen (secondary N) is 3. The van der Waals surface area contributed by atoms with Crippen molar-refractivity contribution in [2.45, 2.75) is 90.0 Å². The van der Waals surface area contributed by atoms with Crippen molar-refractivity contribution in [2.24, 2.45) is 0 Å². The second kappa shape index (κ2) is 18.8. The van der Waals surface area contributed by atoms with Gasteiger partial charge in [-0.15, -0.1) is 0 Å². The number of rotatable bonds is 20. The molecular weight excluding hydrogens is 390 g/mol. The lowest BCUT2D eigenvalue weighted by molar-refractivity contribution is -0.138. The monoisotopic (exact) mass is 429 g/mol. The van der Waals surface area contributed by atoms with Crippen LogP contribution in [0.4, 0.5) is 0 Å². The molecule has 174 valence electrons. The molecule has 0 aromatic heterocycles. The van der Waals surface area contributed by atoms with Crippen LogP contribution in [0.15, 0.2) is 0 Å². The summed E-state index contributed by atoms with van der Waals surface area (Å²) in [5, 5.41) is 25.2. The van der Waals surface area contributed by atoms with E-state index in [0.717, 1.165) is 51.4 Å². The van der Waals surface area contributed by atoms with E-state index >= 15 is 0 Å². The summed E-state index contributed by atoms with van der Waals surface area (Å²) in [6, 6.07) is -0.651. The number of hydrogen-bond acceptors (Lipinski definition) is 5. The van der Waals surface area contributed by atoms with E-state index in [0.29, 0.717) is 13.0 Å². The molecule has 0 saturated heterocycles. The number of likely N-dealkylation sites (N-methyl/N-ethyl adjacent to an activating group) is 1. The van der Waals surface area contributed by atoms with Crippen LogP contribution in [0.5, 0.6) is 0 Å². The maximum atomic E-state index is 11.9. The Morgan fingerprint density at radius 2 is 1.20 bits per heavy atom. The molecule has 0 aliphatic carbocycles. The fraction of sp³-hybridized carbons (Fsp3) is 0.810. The average molecular weight is 430 g/mol. The quantitative estimate of drug-likeness (QED) is 0.186. The van der Waals surface area contributed by atoms with Crippen LogP contribution in [0, 0.1) is 0 Å². The summed E-state index contributed by atoms with van der Waals surface area (Å²) < 4.78 is 0. The van der Waals surface area contributed by atoms with Gasteiger partial charge < -0.3 is 26.2 Å².